The van der Waals surface area contributed by atoms with Gasteiger partial charge in [0.15, 0.2) is 23.0 Å². The van der Waals surface area contributed by atoms with Crippen molar-refractivity contribution in [2.75, 3.05) is 13.6 Å². The fourth-order valence-corrected chi connectivity index (χ4v) is 5.74. The fraction of sp³-hybridized carbons (Fsp3) is 0.200. The molecule has 9 heteroatoms. The summed E-state index contributed by atoms with van der Waals surface area (Å²) in [4.78, 5) is 16.6. The normalized spacial score (nSPS) is 13.0. The van der Waals surface area contributed by atoms with Gasteiger partial charge in [-0.1, -0.05) is 72.8 Å². The first kappa shape index (κ1) is 27.5. The van der Waals surface area contributed by atoms with Crippen LogP contribution in [0.4, 0.5) is 0 Å². The quantitative estimate of drug-likeness (QED) is 0.182. The van der Waals surface area contributed by atoms with Crippen molar-refractivity contribution >= 4 is 5.97 Å². The molecule has 0 atom stereocenters. The van der Waals surface area contributed by atoms with Gasteiger partial charge in [-0.25, -0.2) is 4.98 Å². The maximum atomic E-state index is 11.5. The van der Waals surface area contributed by atoms with E-state index in [9.17, 15) is 9.90 Å². The Balaban J connectivity index is 1.31. The number of aliphatic carboxylic acids is 1. The van der Waals surface area contributed by atoms with E-state index in [4.69, 9.17) is 23.9 Å². The molecule has 9 nitrogen and oxygen atoms in total. The molecule has 2 aliphatic rings. The average molecular weight is 590 g/mol. The van der Waals surface area contributed by atoms with E-state index in [0.717, 1.165) is 39.5 Å². The Bertz CT molecular complexity index is 1730. The van der Waals surface area contributed by atoms with Crippen molar-refractivity contribution in [1.82, 2.24) is 14.9 Å². The average Bonchev–Trinajstić information content (AvgIpc) is 3.80. The lowest BCUT2D eigenvalue weighted by molar-refractivity contribution is -0.137. The molecular weight excluding hydrogens is 558 g/mol. The number of nitrogens with zero attached hydrogens (tertiary/aromatic N) is 2. The van der Waals surface area contributed by atoms with Gasteiger partial charge >= 0.3 is 5.97 Å². The summed E-state index contributed by atoms with van der Waals surface area (Å²) in [6.45, 7) is 1.34. The zero-order valence-corrected chi connectivity index (χ0v) is 23.9. The van der Waals surface area contributed by atoms with Crippen molar-refractivity contribution in [1.29, 1.82) is 0 Å². The van der Waals surface area contributed by atoms with Crippen molar-refractivity contribution in [2.45, 2.75) is 32.0 Å². The monoisotopic (exact) mass is 589 g/mol. The second-order valence-corrected chi connectivity index (χ2v) is 10.7. The molecule has 0 unspecified atom stereocenters. The number of ether oxygens (including phenoxy) is 4. The smallest absolute Gasteiger partial charge is 0.303 e. The molecule has 0 radical (unpaired) electrons. The molecule has 0 bridgehead atoms. The Morgan fingerprint density at radius 3 is 1.93 bits per heavy atom. The van der Waals surface area contributed by atoms with Crippen molar-refractivity contribution < 1.29 is 28.8 Å². The van der Waals surface area contributed by atoms with Gasteiger partial charge in [-0.3, -0.25) is 4.79 Å². The minimum absolute atomic E-state index is 0.0664. The highest BCUT2D eigenvalue weighted by Gasteiger charge is 2.25. The second-order valence-electron chi connectivity index (χ2n) is 10.7. The Hall–Kier alpha value is -5.28. The van der Waals surface area contributed by atoms with E-state index in [1.165, 1.54) is 0 Å². The predicted octanol–water partition coefficient (Wildman–Crippen LogP) is 6.42. The van der Waals surface area contributed by atoms with E-state index in [1.54, 1.807) is 0 Å². The molecule has 1 aromatic heterocycles. The SMILES string of the molecule is O=C(O)CCCn1c(-c2ccccc2)nc(-c2ccccc2)c1CNC(c1ccc2c(c1)OCO2)c1ccc2c(c1)OCO2. The van der Waals surface area contributed by atoms with E-state index >= 15 is 0 Å². The number of imidazole rings is 1. The first-order valence-electron chi connectivity index (χ1n) is 14.6. The summed E-state index contributed by atoms with van der Waals surface area (Å²) in [6, 6.07) is 31.8. The molecule has 0 saturated carbocycles. The van der Waals surface area contributed by atoms with Crippen LogP contribution >= 0.6 is 0 Å². The van der Waals surface area contributed by atoms with Gasteiger partial charge in [-0.05, 0) is 41.8 Å². The Labute approximate surface area is 254 Å². The first-order chi connectivity index (χ1) is 21.6. The fourth-order valence-electron chi connectivity index (χ4n) is 5.74. The number of carboxylic acids is 1. The molecule has 0 spiro atoms. The van der Waals surface area contributed by atoms with Gasteiger partial charge in [-0.2, -0.15) is 0 Å². The maximum Gasteiger partial charge on any atom is 0.303 e. The number of carboxylic acid groups (broad SMARTS) is 1. The van der Waals surface area contributed by atoms with Crippen LogP contribution in [-0.2, 0) is 17.9 Å². The maximum absolute atomic E-state index is 11.5. The highest BCUT2D eigenvalue weighted by atomic mass is 16.7. The zero-order valence-electron chi connectivity index (χ0n) is 23.9. The van der Waals surface area contributed by atoms with Gasteiger partial charge in [0.05, 0.1) is 17.4 Å². The summed E-state index contributed by atoms with van der Waals surface area (Å²) in [7, 11) is 0. The molecule has 4 aromatic carbocycles. The van der Waals surface area contributed by atoms with Crippen molar-refractivity contribution in [3.63, 3.8) is 0 Å². The molecule has 0 amide bonds. The van der Waals surface area contributed by atoms with Crippen LogP contribution in [0.3, 0.4) is 0 Å². The summed E-state index contributed by atoms with van der Waals surface area (Å²) < 4.78 is 24.7. The van der Waals surface area contributed by atoms with Crippen LogP contribution in [0, 0.1) is 0 Å². The third kappa shape index (κ3) is 5.57. The minimum Gasteiger partial charge on any atom is -0.481 e. The third-order valence-corrected chi connectivity index (χ3v) is 7.86. The highest BCUT2D eigenvalue weighted by Crippen LogP contribution is 2.39. The molecule has 0 fully saturated rings. The lowest BCUT2D eigenvalue weighted by Gasteiger charge is -2.22. The first-order valence-corrected chi connectivity index (χ1v) is 14.6. The van der Waals surface area contributed by atoms with Gasteiger partial charge in [0, 0.05) is 30.6 Å². The largest absolute Gasteiger partial charge is 0.481 e. The van der Waals surface area contributed by atoms with Crippen LogP contribution in [0.1, 0.15) is 35.7 Å². The third-order valence-electron chi connectivity index (χ3n) is 7.86. The molecular formula is C35H31N3O6. The van der Waals surface area contributed by atoms with Gasteiger partial charge in [-0.15, -0.1) is 0 Å². The Morgan fingerprint density at radius 1 is 0.773 bits per heavy atom. The van der Waals surface area contributed by atoms with Crippen LogP contribution in [0.25, 0.3) is 22.6 Å². The van der Waals surface area contributed by atoms with Crippen LogP contribution in [0.5, 0.6) is 23.0 Å². The van der Waals surface area contributed by atoms with Gasteiger partial charge in [0.1, 0.15) is 5.82 Å². The molecule has 7 rings (SSSR count). The van der Waals surface area contributed by atoms with Crippen molar-refractivity contribution in [2.24, 2.45) is 0 Å². The number of carbonyl (C=O) groups is 1. The topological polar surface area (TPSA) is 104 Å². The molecule has 0 saturated heterocycles. The minimum atomic E-state index is -0.819. The summed E-state index contributed by atoms with van der Waals surface area (Å²) in [5.41, 5.74) is 5.76. The molecule has 44 heavy (non-hydrogen) atoms. The lowest BCUT2D eigenvalue weighted by Crippen LogP contribution is -2.24. The summed E-state index contributed by atoms with van der Waals surface area (Å²) in [5.74, 6) is 2.81. The van der Waals surface area contributed by atoms with Crippen LogP contribution in [0.2, 0.25) is 0 Å². The Morgan fingerprint density at radius 2 is 1.34 bits per heavy atom. The standard InChI is InChI=1S/C35H31N3O6/c39-32(40)12-7-17-38-27(34(23-8-3-1-4-9-23)37-35(38)24-10-5-2-6-11-24)20-36-33(25-13-15-28-30(18-25)43-21-41-28)26-14-16-29-31(19-26)44-22-42-29/h1-6,8-11,13-16,18-19,33,36H,7,12,17,20-22H2,(H,39,40). The Kier molecular flexibility index (Phi) is 7.60. The molecule has 2 aliphatic heterocycles. The van der Waals surface area contributed by atoms with E-state index in [1.807, 2.05) is 84.9 Å². The molecule has 222 valence electrons. The molecule has 3 heterocycles. The van der Waals surface area contributed by atoms with Crippen LogP contribution in [-0.4, -0.2) is 34.2 Å². The van der Waals surface area contributed by atoms with E-state index in [-0.39, 0.29) is 26.0 Å². The van der Waals surface area contributed by atoms with E-state index in [2.05, 4.69) is 22.0 Å². The van der Waals surface area contributed by atoms with Crippen LogP contribution < -0.4 is 24.3 Å². The van der Waals surface area contributed by atoms with E-state index < -0.39 is 5.97 Å². The molecule has 2 N–H and O–H groups in total. The van der Waals surface area contributed by atoms with E-state index in [0.29, 0.717) is 42.5 Å². The second kappa shape index (κ2) is 12.1. The highest BCUT2D eigenvalue weighted by molar-refractivity contribution is 5.69. The number of hydrogen-bond acceptors (Lipinski definition) is 7. The predicted molar refractivity (Wildman–Crippen MR) is 164 cm³/mol. The summed E-state index contributed by atoms with van der Waals surface area (Å²) in [5, 5.41) is 13.2. The molecule has 5 aromatic rings. The lowest BCUT2D eigenvalue weighted by atomic mass is 9.97. The number of aromatic nitrogens is 2. The zero-order chi connectivity index (χ0) is 29.9. The van der Waals surface area contributed by atoms with Crippen LogP contribution in [0.15, 0.2) is 97.1 Å². The number of fused-ring (bicyclic) bond motifs is 2. The summed E-state index contributed by atoms with van der Waals surface area (Å²) >= 11 is 0. The summed E-state index contributed by atoms with van der Waals surface area (Å²) in [6.07, 6.45) is 0.539. The van der Waals surface area contributed by atoms with Crippen molar-refractivity contribution in [3.05, 3.63) is 114 Å². The number of hydrogen-bond donors (Lipinski definition) is 2. The molecule has 0 aliphatic carbocycles. The van der Waals surface area contributed by atoms with Gasteiger partial charge < -0.3 is 33.9 Å². The number of nitrogens with one attached hydrogen (secondary N) is 1. The number of rotatable bonds is 11. The number of benzene rings is 4. The van der Waals surface area contributed by atoms with Gasteiger partial charge in [0.2, 0.25) is 13.6 Å². The van der Waals surface area contributed by atoms with Gasteiger partial charge in [0.25, 0.3) is 0 Å². The van der Waals surface area contributed by atoms with Crippen molar-refractivity contribution in [3.8, 4) is 45.6 Å².